The number of amides is 2. The molecule has 2 aliphatic heterocycles. The fraction of sp³-hybridized carbons (Fsp3) is 0.231. The number of benzene rings is 3. The van der Waals surface area contributed by atoms with E-state index in [1.165, 1.54) is 0 Å². The number of piperazine rings is 1. The van der Waals surface area contributed by atoms with E-state index in [0.29, 0.717) is 26.2 Å². The zero-order chi connectivity index (χ0) is 21.9. The molecule has 5 rings (SSSR count). The monoisotopic (exact) mass is 426 g/mol. The molecule has 2 aliphatic rings. The van der Waals surface area contributed by atoms with Crippen molar-refractivity contribution in [2.45, 2.75) is 19.5 Å². The van der Waals surface area contributed by atoms with Gasteiger partial charge >= 0.3 is 6.03 Å². The van der Waals surface area contributed by atoms with Gasteiger partial charge in [-0.1, -0.05) is 54.6 Å². The maximum absolute atomic E-state index is 12.8. The summed E-state index contributed by atoms with van der Waals surface area (Å²) in [6.07, 6.45) is 0. The second kappa shape index (κ2) is 8.75. The van der Waals surface area contributed by atoms with Crippen LogP contribution in [0.5, 0.6) is 11.5 Å². The van der Waals surface area contributed by atoms with E-state index in [4.69, 9.17) is 9.73 Å². The average molecular weight is 427 g/mol. The molecule has 0 aromatic heterocycles. The highest BCUT2D eigenvalue weighted by Gasteiger charge is 2.31. The lowest BCUT2D eigenvalue weighted by Gasteiger charge is -2.41. The van der Waals surface area contributed by atoms with Crippen molar-refractivity contribution in [2.75, 3.05) is 19.6 Å². The van der Waals surface area contributed by atoms with E-state index < -0.39 is 0 Å². The number of fused-ring (bicyclic) bond motifs is 2. The molecule has 32 heavy (non-hydrogen) atoms. The molecule has 1 atom stereocenters. The first-order valence-electron chi connectivity index (χ1n) is 11.0. The quantitative estimate of drug-likeness (QED) is 0.641. The highest BCUT2D eigenvalue weighted by Crippen LogP contribution is 2.38. The number of urea groups is 1. The normalized spacial score (nSPS) is 17.4. The Morgan fingerprint density at radius 3 is 2.50 bits per heavy atom. The molecule has 6 heteroatoms. The third-order valence-electron chi connectivity index (χ3n) is 5.91. The van der Waals surface area contributed by atoms with Crippen LogP contribution in [0.1, 0.15) is 18.1 Å². The fourth-order valence-corrected chi connectivity index (χ4v) is 4.24. The molecule has 1 unspecified atom stereocenters. The number of carbonyl (C=O) groups is 1. The Morgan fingerprint density at radius 1 is 0.969 bits per heavy atom. The molecule has 0 spiro atoms. The van der Waals surface area contributed by atoms with Gasteiger partial charge in [0.15, 0.2) is 5.75 Å². The maximum Gasteiger partial charge on any atom is 0.318 e. The predicted octanol–water partition coefficient (Wildman–Crippen LogP) is 4.79. The van der Waals surface area contributed by atoms with Gasteiger partial charge in [-0.2, -0.15) is 0 Å². The van der Waals surface area contributed by atoms with Crippen molar-refractivity contribution >= 4 is 17.6 Å². The number of carbonyl (C=O) groups excluding carboxylic acids is 1. The molecule has 2 amide bonds. The van der Waals surface area contributed by atoms with Crippen LogP contribution in [0.4, 0.5) is 10.5 Å². The summed E-state index contributed by atoms with van der Waals surface area (Å²) in [6.45, 7) is 4.65. The second-order valence-corrected chi connectivity index (χ2v) is 8.13. The largest absolute Gasteiger partial charge is 0.454 e. The van der Waals surface area contributed by atoms with Crippen molar-refractivity contribution < 1.29 is 9.53 Å². The van der Waals surface area contributed by atoms with Gasteiger partial charge in [-0.3, -0.25) is 0 Å². The number of rotatable bonds is 2. The van der Waals surface area contributed by atoms with Crippen LogP contribution in [-0.2, 0) is 6.54 Å². The van der Waals surface area contributed by atoms with E-state index in [2.05, 4.69) is 17.1 Å². The number of hydrogen-bond acceptors (Lipinski definition) is 4. The number of hydrogen-bond donors (Lipinski definition) is 1. The van der Waals surface area contributed by atoms with Gasteiger partial charge in [-0.05, 0) is 36.8 Å². The first-order chi connectivity index (χ1) is 15.7. The Kier molecular flexibility index (Phi) is 5.50. The maximum atomic E-state index is 12.8. The first-order valence-corrected chi connectivity index (χ1v) is 11.0. The van der Waals surface area contributed by atoms with Gasteiger partial charge in [0.25, 0.3) is 0 Å². The van der Waals surface area contributed by atoms with E-state index in [-0.39, 0.29) is 12.1 Å². The van der Waals surface area contributed by atoms with Gasteiger partial charge in [-0.25, -0.2) is 9.79 Å². The van der Waals surface area contributed by atoms with Crippen molar-refractivity contribution in [3.8, 4) is 11.5 Å². The van der Waals surface area contributed by atoms with Crippen LogP contribution in [0.3, 0.4) is 0 Å². The van der Waals surface area contributed by atoms with E-state index in [1.54, 1.807) is 0 Å². The van der Waals surface area contributed by atoms with Gasteiger partial charge < -0.3 is 19.9 Å². The zero-order valence-electron chi connectivity index (χ0n) is 18.1. The Bertz CT molecular complexity index is 1150. The molecule has 1 N–H and O–H groups in total. The smallest absolute Gasteiger partial charge is 0.318 e. The minimum atomic E-state index is -0.0297. The molecule has 0 aliphatic carbocycles. The molecular formula is C26H26N4O2. The van der Waals surface area contributed by atoms with Crippen LogP contribution >= 0.6 is 0 Å². The predicted molar refractivity (Wildman–Crippen MR) is 126 cm³/mol. The summed E-state index contributed by atoms with van der Waals surface area (Å²) >= 11 is 0. The summed E-state index contributed by atoms with van der Waals surface area (Å²) < 4.78 is 6.17. The summed E-state index contributed by atoms with van der Waals surface area (Å²) in [5.41, 5.74) is 2.88. The molecule has 0 saturated carbocycles. The molecule has 162 valence electrons. The Labute approximate surface area is 188 Å². The third kappa shape index (κ3) is 4.04. The van der Waals surface area contributed by atoms with Crippen molar-refractivity contribution in [3.63, 3.8) is 0 Å². The van der Waals surface area contributed by atoms with E-state index in [0.717, 1.165) is 34.1 Å². The highest BCUT2D eigenvalue weighted by molar-refractivity contribution is 6.03. The molecule has 3 aromatic rings. The number of aliphatic imine (C=N–C) groups is 1. The SMILES string of the molecule is CC1CN(C2=Nc3ccccc3Oc3ccccc32)CCN1C(=O)NCc1ccccc1. The van der Waals surface area contributed by atoms with Gasteiger partial charge in [0.05, 0.1) is 5.56 Å². The van der Waals surface area contributed by atoms with Crippen LogP contribution in [0.25, 0.3) is 0 Å². The summed E-state index contributed by atoms with van der Waals surface area (Å²) in [5.74, 6) is 2.44. The minimum absolute atomic E-state index is 0.0297. The van der Waals surface area contributed by atoms with E-state index in [1.807, 2.05) is 83.8 Å². The Morgan fingerprint density at radius 2 is 1.69 bits per heavy atom. The Balaban J connectivity index is 1.33. The third-order valence-corrected chi connectivity index (χ3v) is 5.91. The number of nitrogens with zero attached hydrogens (tertiary/aromatic N) is 3. The van der Waals surface area contributed by atoms with E-state index >= 15 is 0 Å². The summed E-state index contributed by atoms with van der Waals surface area (Å²) in [4.78, 5) is 22.0. The van der Waals surface area contributed by atoms with Crippen molar-refractivity contribution in [1.82, 2.24) is 15.1 Å². The second-order valence-electron chi connectivity index (χ2n) is 8.13. The van der Waals surface area contributed by atoms with Gasteiger partial charge in [0.2, 0.25) is 0 Å². The van der Waals surface area contributed by atoms with Crippen LogP contribution in [0, 0.1) is 0 Å². The molecular weight excluding hydrogens is 400 g/mol. The lowest BCUT2D eigenvalue weighted by molar-refractivity contribution is 0.134. The number of ether oxygens (including phenoxy) is 1. The Hall–Kier alpha value is -3.80. The fourth-order valence-electron chi connectivity index (χ4n) is 4.24. The van der Waals surface area contributed by atoms with Gasteiger partial charge in [0, 0.05) is 32.2 Å². The molecule has 1 saturated heterocycles. The molecule has 0 radical (unpaired) electrons. The van der Waals surface area contributed by atoms with Crippen molar-refractivity contribution in [1.29, 1.82) is 0 Å². The number of nitrogens with one attached hydrogen (secondary N) is 1. The lowest BCUT2D eigenvalue weighted by Crippen LogP contribution is -2.57. The highest BCUT2D eigenvalue weighted by atomic mass is 16.5. The zero-order valence-corrected chi connectivity index (χ0v) is 18.1. The average Bonchev–Trinajstić information content (AvgIpc) is 3.00. The van der Waals surface area contributed by atoms with Crippen molar-refractivity contribution in [3.05, 3.63) is 90.0 Å². The van der Waals surface area contributed by atoms with Crippen molar-refractivity contribution in [2.24, 2.45) is 4.99 Å². The lowest BCUT2D eigenvalue weighted by atomic mass is 10.1. The number of para-hydroxylation sites is 3. The number of amidine groups is 1. The van der Waals surface area contributed by atoms with Crippen LogP contribution in [-0.4, -0.2) is 47.3 Å². The minimum Gasteiger partial charge on any atom is -0.454 e. The molecule has 1 fully saturated rings. The summed E-state index contributed by atoms with van der Waals surface area (Å²) in [6, 6.07) is 25.8. The topological polar surface area (TPSA) is 57.2 Å². The van der Waals surface area contributed by atoms with E-state index in [9.17, 15) is 4.79 Å². The summed E-state index contributed by atoms with van der Waals surface area (Å²) in [7, 11) is 0. The van der Waals surface area contributed by atoms with Crippen LogP contribution in [0.2, 0.25) is 0 Å². The first kappa shape index (κ1) is 20.1. The summed E-state index contributed by atoms with van der Waals surface area (Å²) in [5, 5.41) is 3.05. The van der Waals surface area contributed by atoms with Crippen LogP contribution < -0.4 is 10.1 Å². The van der Waals surface area contributed by atoms with Crippen LogP contribution in [0.15, 0.2) is 83.9 Å². The van der Waals surface area contributed by atoms with Gasteiger partial charge in [0.1, 0.15) is 17.3 Å². The standard InChI is InChI=1S/C26H26N4O2/c1-19-18-29(15-16-30(19)26(31)27-17-20-9-3-2-4-10-20)25-21-11-5-7-13-23(21)32-24-14-8-6-12-22(24)28-25/h2-14,19H,15-18H2,1H3,(H,27,31). The molecule has 3 aromatic carbocycles. The molecule has 6 nitrogen and oxygen atoms in total. The van der Waals surface area contributed by atoms with Gasteiger partial charge in [-0.15, -0.1) is 0 Å². The molecule has 2 heterocycles. The molecule has 0 bridgehead atoms.